The summed E-state index contributed by atoms with van der Waals surface area (Å²) in [6.07, 6.45) is 0. The first-order valence-electron chi connectivity index (χ1n) is 5.78. The van der Waals surface area contributed by atoms with Crippen LogP contribution in [0.15, 0.2) is 42.5 Å². The monoisotopic (exact) mass is 271 g/mol. The molecule has 3 aromatic rings. The van der Waals surface area contributed by atoms with Gasteiger partial charge in [0, 0.05) is 12.5 Å². The first-order valence-corrected chi connectivity index (χ1v) is 6.16. The van der Waals surface area contributed by atoms with Gasteiger partial charge in [-0.1, -0.05) is 41.9 Å². The van der Waals surface area contributed by atoms with Crippen molar-refractivity contribution in [3.8, 4) is 11.3 Å². The second kappa shape index (κ2) is 4.48. The van der Waals surface area contributed by atoms with Crippen LogP contribution in [0.3, 0.4) is 0 Å². The molecule has 0 saturated carbocycles. The molecule has 0 fully saturated rings. The third kappa shape index (κ3) is 2.00. The predicted octanol–water partition coefficient (Wildman–Crippen LogP) is 3.25. The molecule has 0 saturated heterocycles. The Morgan fingerprint density at radius 3 is 2.58 bits per heavy atom. The summed E-state index contributed by atoms with van der Waals surface area (Å²) >= 11 is 5.88. The van der Waals surface area contributed by atoms with Gasteiger partial charge in [-0.2, -0.15) is 5.10 Å². The van der Waals surface area contributed by atoms with Crippen molar-refractivity contribution in [1.29, 1.82) is 0 Å². The van der Waals surface area contributed by atoms with Gasteiger partial charge in [0.15, 0.2) is 11.4 Å². The number of nitrogens with zero attached hydrogens (tertiary/aromatic N) is 3. The van der Waals surface area contributed by atoms with Gasteiger partial charge < -0.3 is 0 Å². The van der Waals surface area contributed by atoms with Crippen molar-refractivity contribution in [1.82, 2.24) is 14.6 Å². The fraction of sp³-hybridized carbons (Fsp3) is 0.0714. The summed E-state index contributed by atoms with van der Waals surface area (Å²) in [5.74, 6) is -0.0962. The third-order valence-electron chi connectivity index (χ3n) is 2.83. The second-order valence-corrected chi connectivity index (χ2v) is 4.54. The van der Waals surface area contributed by atoms with Gasteiger partial charge in [0.25, 0.3) is 0 Å². The molecule has 0 radical (unpaired) electrons. The molecule has 0 aliphatic rings. The van der Waals surface area contributed by atoms with E-state index in [1.165, 1.54) is 11.4 Å². The highest BCUT2D eigenvalue weighted by Gasteiger charge is 2.18. The quantitative estimate of drug-likeness (QED) is 0.672. The minimum absolute atomic E-state index is 0.0962. The molecule has 0 amide bonds. The van der Waals surface area contributed by atoms with E-state index >= 15 is 0 Å². The van der Waals surface area contributed by atoms with E-state index in [1.54, 1.807) is 12.1 Å². The van der Waals surface area contributed by atoms with Crippen molar-refractivity contribution in [3.63, 3.8) is 0 Å². The Balaban J connectivity index is 2.36. The number of hydrogen-bond donors (Lipinski definition) is 0. The molecule has 0 unspecified atom stereocenters. The summed E-state index contributed by atoms with van der Waals surface area (Å²) in [4.78, 5) is 16.3. The van der Waals surface area contributed by atoms with Gasteiger partial charge in [-0.15, -0.1) is 0 Å². The average molecular weight is 272 g/mol. The summed E-state index contributed by atoms with van der Waals surface area (Å²) in [5.41, 5.74) is 2.56. The fourth-order valence-electron chi connectivity index (χ4n) is 2.02. The van der Waals surface area contributed by atoms with Crippen molar-refractivity contribution in [2.75, 3.05) is 0 Å². The van der Waals surface area contributed by atoms with Crippen molar-refractivity contribution in [2.45, 2.75) is 6.92 Å². The number of imidazole rings is 1. The number of Topliss-reactive ketones (excluding diaryl/α,β-unsaturated/α-hetero) is 1. The number of fused-ring (bicyclic) bond motifs is 1. The maximum Gasteiger partial charge on any atom is 0.180 e. The van der Waals surface area contributed by atoms with Gasteiger partial charge in [0.1, 0.15) is 16.5 Å². The highest BCUT2D eigenvalue weighted by Crippen LogP contribution is 2.24. The highest BCUT2D eigenvalue weighted by molar-refractivity contribution is 6.29. The Bertz CT molecular complexity index is 765. The van der Waals surface area contributed by atoms with Gasteiger partial charge in [-0.25, -0.2) is 9.50 Å². The maximum atomic E-state index is 11.9. The molecule has 0 atom stereocenters. The molecule has 2 heterocycles. The van der Waals surface area contributed by atoms with Crippen molar-refractivity contribution in [2.24, 2.45) is 0 Å². The Hall–Kier alpha value is -2.20. The summed E-state index contributed by atoms with van der Waals surface area (Å²) < 4.78 is 1.49. The average Bonchev–Trinajstić information content (AvgIpc) is 2.78. The highest BCUT2D eigenvalue weighted by atomic mass is 35.5. The minimum Gasteiger partial charge on any atom is -0.293 e. The minimum atomic E-state index is -0.0962. The predicted molar refractivity (Wildman–Crippen MR) is 73.4 cm³/mol. The summed E-state index contributed by atoms with van der Waals surface area (Å²) in [6.45, 7) is 1.50. The molecule has 4 nitrogen and oxygen atoms in total. The number of benzene rings is 1. The van der Waals surface area contributed by atoms with E-state index in [1.807, 2.05) is 30.3 Å². The van der Waals surface area contributed by atoms with Crippen LogP contribution in [0.1, 0.15) is 17.4 Å². The van der Waals surface area contributed by atoms with Crippen LogP contribution in [-0.2, 0) is 0 Å². The number of carbonyl (C=O) groups excluding carboxylic acids is 1. The first kappa shape index (κ1) is 11.9. The molecule has 94 valence electrons. The zero-order valence-corrected chi connectivity index (χ0v) is 10.9. The van der Waals surface area contributed by atoms with E-state index in [-0.39, 0.29) is 5.78 Å². The Labute approximate surface area is 114 Å². The van der Waals surface area contributed by atoms with Crippen LogP contribution in [0.4, 0.5) is 0 Å². The molecule has 0 spiro atoms. The van der Waals surface area contributed by atoms with E-state index in [0.717, 1.165) is 5.56 Å². The zero-order chi connectivity index (χ0) is 13.4. The summed E-state index contributed by atoms with van der Waals surface area (Å²) in [5, 5.41) is 4.47. The standard InChI is InChI=1S/C14H10ClN3O/c1-9(19)14-13(10-5-3-2-4-6-10)16-12-8-7-11(15)17-18(12)14/h2-8H,1H3. The summed E-state index contributed by atoms with van der Waals surface area (Å²) in [7, 11) is 0. The molecule has 2 aromatic heterocycles. The zero-order valence-electron chi connectivity index (χ0n) is 10.2. The number of halogens is 1. The van der Waals surface area contributed by atoms with Crippen LogP contribution in [-0.4, -0.2) is 20.4 Å². The smallest absolute Gasteiger partial charge is 0.180 e. The van der Waals surface area contributed by atoms with Crippen molar-refractivity contribution >= 4 is 23.0 Å². The number of ketones is 1. The lowest BCUT2D eigenvalue weighted by Gasteiger charge is -2.00. The number of hydrogen-bond acceptors (Lipinski definition) is 3. The SMILES string of the molecule is CC(=O)c1c(-c2ccccc2)nc2ccc(Cl)nn12. The molecule has 0 N–H and O–H groups in total. The molecule has 5 heteroatoms. The molecule has 0 aliphatic heterocycles. The van der Waals surface area contributed by atoms with Gasteiger partial charge in [0.2, 0.25) is 0 Å². The van der Waals surface area contributed by atoms with Gasteiger partial charge in [-0.05, 0) is 12.1 Å². The summed E-state index contributed by atoms with van der Waals surface area (Å²) in [6, 6.07) is 13.0. The largest absolute Gasteiger partial charge is 0.293 e. The van der Waals surface area contributed by atoms with Crippen molar-refractivity contribution < 1.29 is 4.79 Å². The number of carbonyl (C=O) groups is 1. The molecule has 1 aromatic carbocycles. The number of rotatable bonds is 2. The second-order valence-electron chi connectivity index (χ2n) is 4.16. The Kier molecular flexibility index (Phi) is 2.80. The Morgan fingerprint density at radius 1 is 1.16 bits per heavy atom. The molecular weight excluding hydrogens is 262 g/mol. The van der Waals surface area contributed by atoms with Crippen molar-refractivity contribution in [3.05, 3.63) is 53.3 Å². The van der Waals surface area contributed by atoms with E-state index in [2.05, 4.69) is 10.1 Å². The Morgan fingerprint density at radius 2 is 1.89 bits per heavy atom. The third-order valence-corrected chi connectivity index (χ3v) is 3.03. The van der Waals surface area contributed by atoms with Gasteiger partial charge in [-0.3, -0.25) is 4.79 Å². The fourth-order valence-corrected chi connectivity index (χ4v) is 2.16. The van der Waals surface area contributed by atoms with Crippen LogP contribution >= 0.6 is 11.6 Å². The molecule has 0 aliphatic carbocycles. The molecular formula is C14H10ClN3O. The lowest BCUT2D eigenvalue weighted by Crippen LogP contribution is -2.03. The van der Waals surface area contributed by atoms with Crippen LogP contribution < -0.4 is 0 Å². The maximum absolute atomic E-state index is 11.9. The van der Waals surface area contributed by atoms with E-state index in [4.69, 9.17) is 11.6 Å². The van der Waals surface area contributed by atoms with Crippen LogP contribution in [0.2, 0.25) is 5.15 Å². The van der Waals surface area contributed by atoms with Crippen LogP contribution in [0.25, 0.3) is 16.9 Å². The van der Waals surface area contributed by atoms with Gasteiger partial charge in [0.05, 0.1) is 0 Å². The van der Waals surface area contributed by atoms with E-state index in [0.29, 0.717) is 22.2 Å². The van der Waals surface area contributed by atoms with E-state index < -0.39 is 0 Å². The lowest BCUT2D eigenvalue weighted by molar-refractivity contribution is 0.101. The normalized spacial score (nSPS) is 10.8. The molecule has 19 heavy (non-hydrogen) atoms. The first-order chi connectivity index (χ1) is 9.16. The van der Waals surface area contributed by atoms with Crippen LogP contribution in [0.5, 0.6) is 0 Å². The van der Waals surface area contributed by atoms with Crippen LogP contribution in [0, 0.1) is 0 Å². The van der Waals surface area contributed by atoms with Gasteiger partial charge >= 0.3 is 0 Å². The topological polar surface area (TPSA) is 47.3 Å². The van der Waals surface area contributed by atoms with E-state index in [9.17, 15) is 4.79 Å². The number of aromatic nitrogens is 3. The molecule has 0 bridgehead atoms. The lowest BCUT2D eigenvalue weighted by atomic mass is 10.1. The molecule has 3 rings (SSSR count).